The van der Waals surface area contributed by atoms with Crippen LogP contribution in [0.1, 0.15) is 27.4 Å². The second-order valence-corrected chi connectivity index (χ2v) is 7.11. The van der Waals surface area contributed by atoms with Gasteiger partial charge in [-0.15, -0.1) is 0 Å². The fraction of sp³-hybridized carbons (Fsp3) is 0.150. The van der Waals surface area contributed by atoms with E-state index in [0.29, 0.717) is 12.3 Å². The molecular weight excluding hydrogens is 334 g/mol. The Kier molecular flexibility index (Phi) is 5.46. The maximum atomic E-state index is 12.5. The highest BCUT2D eigenvalue weighted by Crippen LogP contribution is 2.18. The van der Waals surface area contributed by atoms with Gasteiger partial charge in [0.15, 0.2) is 5.76 Å². The summed E-state index contributed by atoms with van der Waals surface area (Å²) in [4.78, 5) is 12.9. The predicted molar refractivity (Wildman–Crippen MR) is 97.6 cm³/mol. The topological polar surface area (TPSA) is 59.3 Å². The molecular formula is C20H19NO3S. The largest absolute Gasteiger partial charge is 0.455 e. The summed E-state index contributed by atoms with van der Waals surface area (Å²) in [6.45, 7) is 2.36. The lowest BCUT2D eigenvalue weighted by Crippen LogP contribution is -2.22. The smallest absolute Gasteiger partial charge is 0.287 e. The van der Waals surface area contributed by atoms with E-state index in [1.165, 1.54) is 0 Å². The van der Waals surface area contributed by atoms with Crippen LogP contribution >= 0.6 is 0 Å². The molecule has 0 bridgehead atoms. The molecule has 0 saturated heterocycles. The van der Waals surface area contributed by atoms with Gasteiger partial charge in [0.2, 0.25) is 0 Å². The fourth-order valence-corrected chi connectivity index (χ4v) is 3.69. The van der Waals surface area contributed by atoms with E-state index < -0.39 is 10.8 Å². The van der Waals surface area contributed by atoms with Crippen molar-refractivity contribution in [1.29, 1.82) is 0 Å². The van der Waals surface area contributed by atoms with Crippen LogP contribution < -0.4 is 5.32 Å². The van der Waals surface area contributed by atoms with E-state index in [-0.39, 0.29) is 17.4 Å². The van der Waals surface area contributed by atoms with Crippen molar-refractivity contribution in [3.63, 3.8) is 0 Å². The first-order chi connectivity index (χ1) is 12.1. The third-order valence-corrected chi connectivity index (χ3v) is 5.29. The number of furan rings is 1. The summed E-state index contributed by atoms with van der Waals surface area (Å²) in [5, 5.41) is 2.81. The summed E-state index contributed by atoms with van der Waals surface area (Å²) in [5.74, 6) is 0.729. The number of nitrogens with one attached hydrogen (secondary N) is 1. The molecule has 0 aliphatic carbocycles. The minimum Gasteiger partial charge on any atom is -0.455 e. The summed E-state index contributed by atoms with van der Waals surface area (Å²) < 4.78 is 18.0. The van der Waals surface area contributed by atoms with Crippen LogP contribution in [0.2, 0.25) is 0 Å². The molecule has 1 atom stereocenters. The molecule has 1 N–H and O–H groups in total. The third kappa shape index (κ3) is 4.45. The molecule has 2 aromatic carbocycles. The second-order valence-electron chi connectivity index (χ2n) is 5.69. The van der Waals surface area contributed by atoms with E-state index in [4.69, 9.17) is 4.42 Å². The van der Waals surface area contributed by atoms with Gasteiger partial charge in [0, 0.05) is 11.4 Å². The van der Waals surface area contributed by atoms with Crippen molar-refractivity contribution in [2.45, 2.75) is 24.1 Å². The van der Waals surface area contributed by atoms with Gasteiger partial charge in [-0.1, -0.05) is 48.5 Å². The monoisotopic (exact) mass is 353 g/mol. The molecule has 0 aliphatic heterocycles. The molecule has 0 unspecified atom stereocenters. The van der Waals surface area contributed by atoms with Crippen LogP contribution in [0.4, 0.5) is 0 Å². The Labute approximate surface area is 149 Å². The van der Waals surface area contributed by atoms with E-state index in [9.17, 15) is 9.00 Å². The molecule has 0 saturated carbocycles. The maximum absolute atomic E-state index is 12.5. The predicted octanol–water partition coefficient (Wildman–Crippen LogP) is 3.83. The summed E-state index contributed by atoms with van der Waals surface area (Å²) >= 11 is 0. The molecule has 128 valence electrons. The zero-order valence-electron chi connectivity index (χ0n) is 13.9. The zero-order chi connectivity index (χ0) is 17.6. The van der Waals surface area contributed by atoms with Crippen molar-refractivity contribution < 1.29 is 13.4 Å². The number of hydrogen-bond acceptors (Lipinski definition) is 3. The molecule has 1 aromatic heterocycles. The number of amides is 1. The van der Waals surface area contributed by atoms with Gasteiger partial charge in [0.25, 0.3) is 5.91 Å². The molecule has 3 rings (SSSR count). The summed E-state index contributed by atoms with van der Waals surface area (Å²) in [6, 6.07) is 20.5. The molecule has 0 spiro atoms. The van der Waals surface area contributed by atoms with Crippen molar-refractivity contribution in [3.8, 4) is 0 Å². The molecule has 0 fully saturated rings. The summed E-state index contributed by atoms with van der Waals surface area (Å²) in [7, 11) is -1.20. The Morgan fingerprint density at radius 1 is 1.00 bits per heavy atom. The Balaban J connectivity index is 1.61. The van der Waals surface area contributed by atoms with Gasteiger partial charge in [0.05, 0.1) is 16.6 Å². The highest BCUT2D eigenvalue weighted by atomic mass is 32.2. The van der Waals surface area contributed by atoms with Crippen molar-refractivity contribution in [2.75, 3.05) is 0 Å². The van der Waals surface area contributed by atoms with Crippen LogP contribution in [0.25, 0.3) is 0 Å². The SMILES string of the molecule is Cc1ccccc1[S@](=O)Cc1ccc(C(=O)NCc2ccccc2)o1. The van der Waals surface area contributed by atoms with Crippen LogP contribution in [-0.2, 0) is 23.1 Å². The highest BCUT2D eigenvalue weighted by Gasteiger charge is 2.14. The molecule has 0 aliphatic rings. The first-order valence-corrected chi connectivity index (χ1v) is 9.30. The molecule has 0 radical (unpaired) electrons. The number of carbonyl (C=O) groups excluding carboxylic acids is 1. The maximum Gasteiger partial charge on any atom is 0.287 e. The van der Waals surface area contributed by atoms with E-state index >= 15 is 0 Å². The molecule has 3 aromatic rings. The number of carbonyl (C=O) groups is 1. The Morgan fingerprint density at radius 2 is 1.72 bits per heavy atom. The number of rotatable bonds is 6. The average Bonchev–Trinajstić information content (AvgIpc) is 3.09. The van der Waals surface area contributed by atoms with Crippen LogP contribution in [0.3, 0.4) is 0 Å². The van der Waals surface area contributed by atoms with E-state index in [0.717, 1.165) is 16.0 Å². The van der Waals surface area contributed by atoms with E-state index in [2.05, 4.69) is 5.32 Å². The first-order valence-electron chi connectivity index (χ1n) is 7.98. The van der Waals surface area contributed by atoms with Crippen molar-refractivity contribution in [3.05, 3.63) is 89.4 Å². The van der Waals surface area contributed by atoms with Gasteiger partial charge in [0.1, 0.15) is 5.76 Å². The standard InChI is InChI=1S/C20H19NO3S/c1-15-7-5-6-10-19(15)25(23)14-17-11-12-18(24-17)20(22)21-13-16-8-3-2-4-9-16/h2-12H,13-14H2,1H3,(H,21,22)/t25-/m1/s1. The van der Waals surface area contributed by atoms with Gasteiger partial charge in [-0.05, 0) is 36.2 Å². The minimum atomic E-state index is -1.20. The minimum absolute atomic E-state index is 0.229. The second kappa shape index (κ2) is 7.94. The quantitative estimate of drug-likeness (QED) is 0.733. The zero-order valence-corrected chi connectivity index (χ0v) is 14.7. The Bertz CT molecular complexity index is 887. The summed E-state index contributed by atoms with van der Waals surface area (Å²) in [6.07, 6.45) is 0. The number of hydrogen-bond donors (Lipinski definition) is 1. The molecule has 1 amide bonds. The average molecular weight is 353 g/mol. The Hall–Kier alpha value is -2.66. The van der Waals surface area contributed by atoms with Gasteiger partial charge >= 0.3 is 0 Å². The lowest BCUT2D eigenvalue weighted by Gasteiger charge is -2.04. The normalized spacial score (nSPS) is 11.9. The van der Waals surface area contributed by atoms with Gasteiger partial charge < -0.3 is 9.73 Å². The lowest BCUT2D eigenvalue weighted by atomic mass is 10.2. The first kappa shape index (κ1) is 17.2. The molecule has 25 heavy (non-hydrogen) atoms. The van der Waals surface area contributed by atoms with E-state index in [1.807, 2.05) is 61.5 Å². The van der Waals surface area contributed by atoms with E-state index in [1.54, 1.807) is 12.1 Å². The van der Waals surface area contributed by atoms with Crippen LogP contribution in [0, 0.1) is 6.92 Å². The van der Waals surface area contributed by atoms with Crippen LogP contribution in [0.5, 0.6) is 0 Å². The van der Waals surface area contributed by atoms with Crippen molar-refractivity contribution in [1.82, 2.24) is 5.32 Å². The van der Waals surface area contributed by atoms with Crippen molar-refractivity contribution >= 4 is 16.7 Å². The van der Waals surface area contributed by atoms with Crippen LogP contribution in [0.15, 0.2) is 76.0 Å². The molecule has 5 heteroatoms. The lowest BCUT2D eigenvalue weighted by molar-refractivity contribution is 0.0921. The molecule has 1 heterocycles. The van der Waals surface area contributed by atoms with Gasteiger partial charge in [-0.25, -0.2) is 0 Å². The Morgan fingerprint density at radius 3 is 2.48 bits per heavy atom. The van der Waals surface area contributed by atoms with Gasteiger partial charge in [-0.2, -0.15) is 0 Å². The van der Waals surface area contributed by atoms with Crippen molar-refractivity contribution in [2.24, 2.45) is 0 Å². The number of benzene rings is 2. The highest BCUT2D eigenvalue weighted by molar-refractivity contribution is 7.84. The summed E-state index contributed by atoms with van der Waals surface area (Å²) in [5.41, 5.74) is 2.00. The van der Waals surface area contributed by atoms with Gasteiger partial charge in [-0.3, -0.25) is 9.00 Å². The number of aryl methyl sites for hydroxylation is 1. The third-order valence-electron chi connectivity index (χ3n) is 3.79. The molecule has 4 nitrogen and oxygen atoms in total. The fourth-order valence-electron chi connectivity index (χ4n) is 2.46. The van der Waals surface area contributed by atoms with Crippen LogP contribution in [-0.4, -0.2) is 10.1 Å².